The van der Waals surface area contributed by atoms with Gasteiger partial charge in [-0.3, -0.25) is 0 Å². The molecule has 0 fully saturated rings. The van der Waals surface area contributed by atoms with Crippen LogP contribution in [-0.2, 0) is 10.0 Å². The van der Waals surface area contributed by atoms with Crippen LogP contribution in [0.3, 0.4) is 0 Å². The minimum atomic E-state index is -4.76. The quantitative estimate of drug-likeness (QED) is 0.933. The standard InChI is InChI=1S/C13H10F3NO4S/c14-13(15,16)21-11-3-1-9(2-4-11)20-10-5-7-12(8-6-10)22(17,18)19/h1-8H,(H2,17,18,19). The maximum absolute atomic E-state index is 12.0. The van der Waals surface area contributed by atoms with Gasteiger partial charge in [-0.2, -0.15) is 0 Å². The first-order valence-electron chi connectivity index (χ1n) is 5.80. The molecule has 0 aromatic heterocycles. The largest absolute Gasteiger partial charge is 0.573 e. The van der Waals surface area contributed by atoms with Gasteiger partial charge < -0.3 is 9.47 Å². The Bertz CT molecular complexity index is 740. The summed E-state index contributed by atoms with van der Waals surface area (Å²) in [5.41, 5.74) is 0. The molecule has 22 heavy (non-hydrogen) atoms. The molecular weight excluding hydrogens is 323 g/mol. The number of hydrogen-bond acceptors (Lipinski definition) is 4. The fraction of sp³-hybridized carbons (Fsp3) is 0.0769. The van der Waals surface area contributed by atoms with E-state index in [-0.39, 0.29) is 16.4 Å². The molecule has 5 nitrogen and oxygen atoms in total. The second-order valence-electron chi connectivity index (χ2n) is 4.14. The van der Waals surface area contributed by atoms with Gasteiger partial charge in [0, 0.05) is 0 Å². The minimum absolute atomic E-state index is 0.0752. The van der Waals surface area contributed by atoms with Gasteiger partial charge in [0.25, 0.3) is 0 Å². The van der Waals surface area contributed by atoms with E-state index in [0.29, 0.717) is 5.75 Å². The van der Waals surface area contributed by atoms with Gasteiger partial charge in [-0.05, 0) is 48.5 Å². The Morgan fingerprint density at radius 2 is 1.23 bits per heavy atom. The Labute approximate surface area is 124 Å². The number of halogens is 3. The van der Waals surface area contributed by atoms with Crippen LogP contribution in [0.2, 0.25) is 0 Å². The fourth-order valence-electron chi connectivity index (χ4n) is 1.54. The van der Waals surface area contributed by atoms with Crippen molar-refractivity contribution in [2.24, 2.45) is 5.14 Å². The number of rotatable bonds is 4. The van der Waals surface area contributed by atoms with Crippen molar-refractivity contribution in [2.45, 2.75) is 11.3 Å². The van der Waals surface area contributed by atoms with Gasteiger partial charge in [0.2, 0.25) is 10.0 Å². The lowest BCUT2D eigenvalue weighted by Crippen LogP contribution is -2.16. The number of primary sulfonamides is 1. The average molecular weight is 333 g/mol. The lowest BCUT2D eigenvalue weighted by atomic mass is 10.3. The van der Waals surface area contributed by atoms with Crippen molar-refractivity contribution in [3.63, 3.8) is 0 Å². The summed E-state index contributed by atoms with van der Waals surface area (Å²) >= 11 is 0. The average Bonchev–Trinajstić information content (AvgIpc) is 2.39. The highest BCUT2D eigenvalue weighted by molar-refractivity contribution is 7.89. The van der Waals surface area contributed by atoms with E-state index in [4.69, 9.17) is 9.88 Å². The first-order valence-corrected chi connectivity index (χ1v) is 7.35. The van der Waals surface area contributed by atoms with E-state index in [0.717, 1.165) is 12.1 Å². The van der Waals surface area contributed by atoms with Crippen LogP contribution in [0.4, 0.5) is 13.2 Å². The third-order valence-corrected chi connectivity index (χ3v) is 3.37. The number of sulfonamides is 1. The molecule has 0 aliphatic rings. The van der Waals surface area contributed by atoms with Gasteiger partial charge in [0.1, 0.15) is 17.2 Å². The van der Waals surface area contributed by atoms with E-state index >= 15 is 0 Å². The molecule has 0 heterocycles. The van der Waals surface area contributed by atoms with Crippen molar-refractivity contribution in [1.29, 1.82) is 0 Å². The van der Waals surface area contributed by atoms with Gasteiger partial charge in [-0.1, -0.05) is 0 Å². The van der Waals surface area contributed by atoms with Gasteiger partial charge in [0.05, 0.1) is 4.90 Å². The number of benzene rings is 2. The molecule has 0 radical (unpaired) electrons. The van der Waals surface area contributed by atoms with Gasteiger partial charge >= 0.3 is 6.36 Å². The number of alkyl halides is 3. The molecule has 0 saturated heterocycles. The predicted octanol–water partition coefficient (Wildman–Crippen LogP) is 3.02. The number of ether oxygens (including phenoxy) is 2. The number of hydrogen-bond donors (Lipinski definition) is 1. The van der Waals surface area contributed by atoms with Crippen molar-refractivity contribution in [2.75, 3.05) is 0 Å². The maximum Gasteiger partial charge on any atom is 0.573 e. The lowest BCUT2D eigenvalue weighted by Gasteiger charge is -2.10. The van der Waals surface area contributed by atoms with Crippen LogP contribution in [0.15, 0.2) is 53.4 Å². The Kier molecular flexibility index (Phi) is 4.29. The summed E-state index contributed by atoms with van der Waals surface area (Å²) in [6.45, 7) is 0. The summed E-state index contributed by atoms with van der Waals surface area (Å²) in [6.07, 6.45) is -4.76. The third-order valence-electron chi connectivity index (χ3n) is 2.45. The van der Waals surface area contributed by atoms with Crippen LogP contribution < -0.4 is 14.6 Å². The molecule has 0 amide bonds. The van der Waals surface area contributed by atoms with Crippen molar-refractivity contribution >= 4 is 10.0 Å². The molecule has 118 valence electrons. The molecule has 0 unspecified atom stereocenters. The minimum Gasteiger partial charge on any atom is -0.457 e. The Morgan fingerprint density at radius 3 is 1.64 bits per heavy atom. The van der Waals surface area contributed by atoms with Crippen molar-refractivity contribution < 1.29 is 31.1 Å². The first kappa shape index (κ1) is 16.1. The van der Waals surface area contributed by atoms with Gasteiger partial charge in [-0.15, -0.1) is 13.2 Å². The van der Waals surface area contributed by atoms with E-state index in [9.17, 15) is 21.6 Å². The first-order chi connectivity index (χ1) is 10.1. The second-order valence-corrected chi connectivity index (χ2v) is 5.70. The maximum atomic E-state index is 12.0. The zero-order valence-corrected chi connectivity index (χ0v) is 11.7. The molecule has 2 aromatic rings. The van der Waals surface area contributed by atoms with Crippen molar-refractivity contribution in [3.8, 4) is 17.2 Å². The molecule has 2 rings (SSSR count). The summed E-state index contributed by atoms with van der Waals surface area (Å²) in [5, 5.41) is 4.95. The highest BCUT2D eigenvalue weighted by atomic mass is 32.2. The highest BCUT2D eigenvalue weighted by Gasteiger charge is 2.30. The van der Waals surface area contributed by atoms with Gasteiger partial charge in [-0.25, -0.2) is 13.6 Å². The van der Waals surface area contributed by atoms with Crippen LogP contribution in [0.1, 0.15) is 0 Å². The van der Waals surface area contributed by atoms with Crippen LogP contribution >= 0.6 is 0 Å². The zero-order chi connectivity index (χ0) is 16.4. The summed E-state index contributed by atoms with van der Waals surface area (Å²) < 4.78 is 67.3. The van der Waals surface area contributed by atoms with Gasteiger partial charge in [0.15, 0.2) is 0 Å². The SMILES string of the molecule is NS(=O)(=O)c1ccc(Oc2ccc(OC(F)(F)F)cc2)cc1. The fourth-order valence-corrected chi connectivity index (χ4v) is 2.06. The second kappa shape index (κ2) is 5.85. The monoisotopic (exact) mass is 333 g/mol. The highest BCUT2D eigenvalue weighted by Crippen LogP contribution is 2.27. The van der Waals surface area contributed by atoms with Crippen LogP contribution in [-0.4, -0.2) is 14.8 Å². The Hall–Kier alpha value is -2.26. The molecule has 0 atom stereocenters. The molecule has 2 aromatic carbocycles. The van der Waals surface area contributed by atoms with E-state index < -0.39 is 16.4 Å². The molecule has 0 aliphatic heterocycles. The lowest BCUT2D eigenvalue weighted by molar-refractivity contribution is -0.274. The zero-order valence-electron chi connectivity index (χ0n) is 10.9. The summed E-state index contributed by atoms with van der Waals surface area (Å²) in [7, 11) is -3.79. The molecule has 0 spiro atoms. The van der Waals surface area contributed by atoms with Crippen LogP contribution in [0.25, 0.3) is 0 Å². The van der Waals surface area contributed by atoms with E-state index in [1.54, 1.807) is 0 Å². The normalized spacial score (nSPS) is 12.0. The topological polar surface area (TPSA) is 78.6 Å². The van der Waals surface area contributed by atoms with E-state index in [2.05, 4.69) is 4.74 Å². The van der Waals surface area contributed by atoms with Crippen molar-refractivity contribution in [1.82, 2.24) is 0 Å². The molecule has 0 saturated carbocycles. The Morgan fingerprint density at radius 1 is 0.818 bits per heavy atom. The smallest absolute Gasteiger partial charge is 0.457 e. The molecule has 0 bridgehead atoms. The van der Waals surface area contributed by atoms with Crippen molar-refractivity contribution in [3.05, 3.63) is 48.5 Å². The van der Waals surface area contributed by atoms with E-state index in [1.807, 2.05) is 0 Å². The Balaban J connectivity index is 2.08. The predicted molar refractivity (Wildman–Crippen MR) is 71.0 cm³/mol. The summed E-state index contributed by atoms with van der Waals surface area (Å²) in [6, 6.07) is 10.0. The van der Waals surface area contributed by atoms with Crippen LogP contribution in [0, 0.1) is 0 Å². The van der Waals surface area contributed by atoms with E-state index in [1.165, 1.54) is 36.4 Å². The third kappa shape index (κ3) is 4.64. The molecule has 2 N–H and O–H groups in total. The number of nitrogens with two attached hydrogens (primary N) is 1. The molecule has 0 aliphatic carbocycles. The molecular formula is C13H10F3NO4S. The summed E-state index contributed by atoms with van der Waals surface area (Å²) in [4.78, 5) is -0.0752. The molecule has 9 heteroatoms. The van der Waals surface area contributed by atoms with Crippen LogP contribution in [0.5, 0.6) is 17.2 Å². The summed E-state index contributed by atoms with van der Waals surface area (Å²) in [5.74, 6) is 0.194.